The quantitative estimate of drug-likeness (QED) is 0.739. The van der Waals surface area contributed by atoms with Gasteiger partial charge in [0, 0.05) is 17.0 Å². The van der Waals surface area contributed by atoms with Crippen LogP contribution in [0.2, 0.25) is 5.02 Å². The monoisotopic (exact) mass is 213 g/mol. The first-order valence-corrected chi connectivity index (χ1v) is 4.86. The molecule has 3 N–H and O–H groups in total. The SMILES string of the molecule is NC1(CO)CCOc2cc(Cl)ccc21. The van der Waals surface area contributed by atoms with Gasteiger partial charge in [0.25, 0.3) is 0 Å². The number of ether oxygens (including phenoxy) is 1. The number of benzene rings is 1. The van der Waals surface area contributed by atoms with Gasteiger partial charge in [-0.3, -0.25) is 0 Å². The molecule has 0 spiro atoms. The summed E-state index contributed by atoms with van der Waals surface area (Å²) >= 11 is 5.83. The first-order valence-electron chi connectivity index (χ1n) is 4.48. The van der Waals surface area contributed by atoms with Crippen molar-refractivity contribution in [2.24, 2.45) is 5.73 Å². The number of fused-ring (bicyclic) bond motifs is 1. The van der Waals surface area contributed by atoms with Crippen LogP contribution in [0, 0.1) is 0 Å². The number of hydrogen-bond donors (Lipinski definition) is 2. The molecule has 14 heavy (non-hydrogen) atoms. The minimum atomic E-state index is -0.682. The lowest BCUT2D eigenvalue weighted by Gasteiger charge is -2.33. The fourth-order valence-corrected chi connectivity index (χ4v) is 1.83. The second kappa shape index (κ2) is 3.42. The molecule has 1 aromatic rings. The Hall–Kier alpha value is -0.770. The second-order valence-electron chi connectivity index (χ2n) is 3.55. The van der Waals surface area contributed by atoms with Crippen LogP contribution in [0.5, 0.6) is 5.75 Å². The standard InChI is InChI=1S/C10H12ClNO2/c11-7-1-2-8-9(5-7)14-4-3-10(8,12)6-13/h1-2,5,13H,3-4,6,12H2. The van der Waals surface area contributed by atoms with Crippen LogP contribution in [0.3, 0.4) is 0 Å². The second-order valence-corrected chi connectivity index (χ2v) is 3.99. The number of hydrogen-bond acceptors (Lipinski definition) is 3. The van der Waals surface area contributed by atoms with Gasteiger partial charge < -0.3 is 15.6 Å². The van der Waals surface area contributed by atoms with Crippen molar-refractivity contribution in [1.82, 2.24) is 0 Å². The van der Waals surface area contributed by atoms with E-state index in [0.717, 1.165) is 5.56 Å². The highest BCUT2D eigenvalue weighted by atomic mass is 35.5. The number of halogens is 1. The smallest absolute Gasteiger partial charge is 0.125 e. The van der Waals surface area contributed by atoms with E-state index in [1.165, 1.54) is 0 Å². The number of aliphatic hydroxyl groups excluding tert-OH is 1. The Morgan fingerprint density at radius 1 is 1.57 bits per heavy atom. The van der Waals surface area contributed by atoms with Crippen LogP contribution in [-0.2, 0) is 5.54 Å². The minimum absolute atomic E-state index is 0.0784. The molecular weight excluding hydrogens is 202 g/mol. The Morgan fingerprint density at radius 2 is 2.36 bits per heavy atom. The molecular formula is C10H12ClNO2. The first-order chi connectivity index (χ1) is 6.65. The first kappa shape index (κ1) is 9.77. The molecule has 0 saturated carbocycles. The van der Waals surface area contributed by atoms with E-state index in [0.29, 0.717) is 23.8 Å². The molecule has 1 unspecified atom stereocenters. The van der Waals surface area contributed by atoms with Gasteiger partial charge in [0.15, 0.2) is 0 Å². The largest absolute Gasteiger partial charge is 0.493 e. The van der Waals surface area contributed by atoms with Crippen molar-refractivity contribution in [3.05, 3.63) is 28.8 Å². The summed E-state index contributed by atoms with van der Waals surface area (Å²) in [4.78, 5) is 0. The topological polar surface area (TPSA) is 55.5 Å². The van der Waals surface area contributed by atoms with Gasteiger partial charge in [0.05, 0.1) is 18.8 Å². The van der Waals surface area contributed by atoms with Crippen LogP contribution in [-0.4, -0.2) is 18.3 Å². The summed E-state index contributed by atoms with van der Waals surface area (Å²) in [5, 5.41) is 9.87. The highest BCUT2D eigenvalue weighted by Gasteiger charge is 2.33. The van der Waals surface area contributed by atoms with E-state index in [9.17, 15) is 5.11 Å². The summed E-state index contributed by atoms with van der Waals surface area (Å²) in [6, 6.07) is 5.30. The van der Waals surface area contributed by atoms with Crippen LogP contribution >= 0.6 is 11.6 Å². The molecule has 3 nitrogen and oxygen atoms in total. The van der Waals surface area contributed by atoms with Crippen molar-refractivity contribution in [2.45, 2.75) is 12.0 Å². The molecule has 1 aromatic carbocycles. The molecule has 1 heterocycles. The summed E-state index contributed by atoms with van der Waals surface area (Å²) in [6.45, 7) is 0.440. The normalized spacial score (nSPS) is 25.4. The van der Waals surface area contributed by atoms with Gasteiger partial charge in [-0.1, -0.05) is 17.7 Å². The molecule has 1 atom stereocenters. The summed E-state index contributed by atoms with van der Waals surface area (Å²) in [5.74, 6) is 0.681. The molecule has 1 aliphatic heterocycles. The van der Waals surface area contributed by atoms with E-state index in [2.05, 4.69) is 0 Å². The molecule has 0 aliphatic carbocycles. The molecule has 0 fully saturated rings. The maximum absolute atomic E-state index is 9.25. The average Bonchev–Trinajstić information content (AvgIpc) is 2.18. The van der Waals surface area contributed by atoms with Crippen molar-refractivity contribution in [1.29, 1.82) is 0 Å². The van der Waals surface area contributed by atoms with Crippen molar-refractivity contribution in [2.75, 3.05) is 13.2 Å². The third-order valence-corrected chi connectivity index (χ3v) is 2.80. The summed E-state index contributed by atoms with van der Waals surface area (Å²) < 4.78 is 5.43. The lowest BCUT2D eigenvalue weighted by Crippen LogP contribution is -2.44. The molecule has 0 amide bonds. The summed E-state index contributed by atoms with van der Waals surface area (Å²) in [7, 11) is 0. The van der Waals surface area contributed by atoms with Crippen molar-refractivity contribution < 1.29 is 9.84 Å². The maximum Gasteiger partial charge on any atom is 0.125 e. The highest BCUT2D eigenvalue weighted by Crippen LogP contribution is 2.36. The fraction of sp³-hybridized carbons (Fsp3) is 0.400. The van der Waals surface area contributed by atoms with Crippen LogP contribution in [0.25, 0.3) is 0 Å². The van der Waals surface area contributed by atoms with Crippen LogP contribution in [0.15, 0.2) is 18.2 Å². The molecule has 4 heteroatoms. The number of rotatable bonds is 1. The maximum atomic E-state index is 9.25. The van der Waals surface area contributed by atoms with E-state index in [1.54, 1.807) is 12.1 Å². The predicted octanol–water partition coefficient (Wildman–Crippen LogP) is 1.27. The number of aliphatic hydroxyl groups is 1. The van der Waals surface area contributed by atoms with Gasteiger partial charge >= 0.3 is 0 Å². The highest BCUT2D eigenvalue weighted by molar-refractivity contribution is 6.30. The lowest BCUT2D eigenvalue weighted by molar-refractivity contribution is 0.138. The zero-order chi connectivity index (χ0) is 10.2. The van der Waals surface area contributed by atoms with Crippen molar-refractivity contribution >= 4 is 11.6 Å². The van der Waals surface area contributed by atoms with Gasteiger partial charge in [-0.15, -0.1) is 0 Å². The third kappa shape index (κ3) is 1.47. The zero-order valence-electron chi connectivity index (χ0n) is 7.66. The van der Waals surface area contributed by atoms with E-state index >= 15 is 0 Å². The van der Waals surface area contributed by atoms with Crippen LogP contribution in [0.4, 0.5) is 0 Å². The van der Waals surface area contributed by atoms with Gasteiger partial charge in [0.1, 0.15) is 5.75 Å². The summed E-state index contributed by atoms with van der Waals surface area (Å²) in [5.41, 5.74) is 6.19. The Bertz CT molecular complexity index is 356. The van der Waals surface area contributed by atoms with E-state index in [4.69, 9.17) is 22.1 Å². The average molecular weight is 214 g/mol. The van der Waals surface area contributed by atoms with Crippen molar-refractivity contribution in [3.8, 4) is 5.75 Å². The van der Waals surface area contributed by atoms with Crippen LogP contribution in [0.1, 0.15) is 12.0 Å². The Morgan fingerprint density at radius 3 is 3.07 bits per heavy atom. The third-order valence-electron chi connectivity index (χ3n) is 2.57. The van der Waals surface area contributed by atoms with Gasteiger partial charge in [-0.2, -0.15) is 0 Å². The van der Waals surface area contributed by atoms with Gasteiger partial charge in [-0.25, -0.2) is 0 Å². The number of nitrogens with two attached hydrogens (primary N) is 1. The van der Waals surface area contributed by atoms with E-state index in [1.807, 2.05) is 6.07 Å². The molecule has 0 aromatic heterocycles. The summed E-state index contributed by atoms with van der Waals surface area (Å²) in [6.07, 6.45) is 0.623. The minimum Gasteiger partial charge on any atom is -0.493 e. The Kier molecular flexibility index (Phi) is 2.39. The van der Waals surface area contributed by atoms with E-state index in [-0.39, 0.29) is 6.61 Å². The molecule has 0 radical (unpaired) electrons. The fourth-order valence-electron chi connectivity index (χ4n) is 1.67. The molecule has 2 rings (SSSR count). The predicted molar refractivity (Wildman–Crippen MR) is 54.5 cm³/mol. The molecule has 0 saturated heterocycles. The van der Waals surface area contributed by atoms with Gasteiger partial charge in [-0.05, 0) is 12.1 Å². The lowest BCUT2D eigenvalue weighted by atomic mass is 9.86. The Labute approximate surface area is 87.4 Å². The van der Waals surface area contributed by atoms with Crippen molar-refractivity contribution in [3.63, 3.8) is 0 Å². The van der Waals surface area contributed by atoms with E-state index < -0.39 is 5.54 Å². The molecule has 1 aliphatic rings. The molecule has 0 bridgehead atoms. The van der Waals surface area contributed by atoms with Gasteiger partial charge in [0.2, 0.25) is 0 Å². The van der Waals surface area contributed by atoms with Crippen LogP contribution < -0.4 is 10.5 Å². The zero-order valence-corrected chi connectivity index (χ0v) is 8.42. The Balaban J connectivity index is 2.50. The molecule has 76 valence electrons.